The van der Waals surface area contributed by atoms with E-state index in [0.717, 1.165) is 13.1 Å². The average Bonchev–Trinajstić information content (AvgIpc) is 2.96. The van der Waals surface area contributed by atoms with Crippen molar-refractivity contribution in [3.8, 4) is 0 Å². The number of nitrogens with zero attached hydrogens (tertiary/aromatic N) is 3. The number of likely N-dealkylation sites (tertiary alicyclic amines) is 1. The number of rotatable bonds is 3. The molecular weight excluding hydrogens is 248 g/mol. The number of aryl methyl sites for hydroxylation is 2. The molecule has 1 N–H and O–H groups in total. The highest BCUT2D eigenvalue weighted by atomic mass is 15.3. The number of hydrogen-bond donors (Lipinski definition) is 1. The van der Waals surface area contributed by atoms with Gasteiger partial charge in [-0.25, -0.2) is 0 Å². The lowest BCUT2D eigenvalue weighted by molar-refractivity contribution is 0.193. The molecule has 0 aliphatic carbocycles. The van der Waals surface area contributed by atoms with E-state index in [2.05, 4.69) is 40.8 Å². The van der Waals surface area contributed by atoms with E-state index in [1.807, 2.05) is 0 Å². The zero-order chi connectivity index (χ0) is 14.2. The minimum Gasteiger partial charge on any atom is -0.317 e. The van der Waals surface area contributed by atoms with Gasteiger partial charge in [-0.2, -0.15) is 5.10 Å². The van der Waals surface area contributed by atoms with Crippen LogP contribution in [0.3, 0.4) is 0 Å². The van der Waals surface area contributed by atoms with E-state index in [0.29, 0.717) is 5.41 Å². The highest BCUT2D eigenvalue weighted by Crippen LogP contribution is 2.39. The maximum Gasteiger partial charge on any atom is 0.0641 e. The monoisotopic (exact) mass is 276 g/mol. The van der Waals surface area contributed by atoms with Gasteiger partial charge in [-0.15, -0.1) is 0 Å². The maximum atomic E-state index is 4.65. The second-order valence-corrected chi connectivity index (χ2v) is 6.68. The van der Waals surface area contributed by atoms with Crippen LogP contribution in [0.25, 0.3) is 0 Å². The smallest absolute Gasteiger partial charge is 0.0641 e. The summed E-state index contributed by atoms with van der Waals surface area (Å²) < 4.78 is 2.14. The predicted octanol–water partition coefficient (Wildman–Crippen LogP) is 2.10. The molecular formula is C16H28N4. The average molecular weight is 276 g/mol. The summed E-state index contributed by atoms with van der Waals surface area (Å²) in [5, 5.41) is 8.15. The Morgan fingerprint density at radius 3 is 2.60 bits per heavy atom. The number of nitrogens with one attached hydrogen (secondary N) is 1. The molecule has 2 aliphatic heterocycles. The Bertz CT molecular complexity index is 471. The lowest BCUT2D eigenvalue weighted by Crippen LogP contribution is -2.38. The van der Waals surface area contributed by atoms with Gasteiger partial charge in [0.1, 0.15) is 0 Å². The molecule has 0 unspecified atom stereocenters. The number of hydrogen-bond acceptors (Lipinski definition) is 3. The minimum absolute atomic E-state index is 0.605. The third-order valence-electron chi connectivity index (χ3n) is 5.39. The number of aromatic nitrogens is 2. The fourth-order valence-corrected chi connectivity index (χ4v) is 4.02. The maximum absolute atomic E-state index is 4.65. The normalized spacial score (nSPS) is 22.8. The summed E-state index contributed by atoms with van der Waals surface area (Å²) in [6.07, 6.45) is 4.10. The number of piperidine rings is 1. The summed E-state index contributed by atoms with van der Waals surface area (Å²) >= 11 is 0. The third-order valence-corrected chi connectivity index (χ3v) is 5.39. The Labute approximate surface area is 122 Å². The first-order valence-electron chi connectivity index (χ1n) is 8.09. The molecule has 0 saturated carbocycles. The van der Waals surface area contributed by atoms with Crippen molar-refractivity contribution in [3.05, 3.63) is 17.0 Å². The van der Waals surface area contributed by atoms with Crippen LogP contribution in [0, 0.1) is 19.3 Å². The fraction of sp³-hybridized carbons (Fsp3) is 0.812. The second-order valence-electron chi connectivity index (χ2n) is 6.68. The Balaban J connectivity index is 1.69. The summed E-state index contributed by atoms with van der Waals surface area (Å²) in [7, 11) is 0. The lowest BCUT2D eigenvalue weighted by Gasteiger charge is -2.34. The van der Waals surface area contributed by atoms with Crippen LogP contribution < -0.4 is 5.32 Å². The van der Waals surface area contributed by atoms with Gasteiger partial charge < -0.3 is 5.32 Å². The molecule has 20 heavy (non-hydrogen) atoms. The summed E-state index contributed by atoms with van der Waals surface area (Å²) in [5.74, 6) is 0. The van der Waals surface area contributed by atoms with Gasteiger partial charge in [0.15, 0.2) is 0 Å². The Morgan fingerprint density at radius 2 is 1.95 bits per heavy atom. The van der Waals surface area contributed by atoms with Crippen molar-refractivity contribution < 1.29 is 0 Å². The first kappa shape index (κ1) is 14.1. The van der Waals surface area contributed by atoms with Gasteiger partial charge in [-0.05, 0) is 65.1 Å². The fourth-order valence-electron chi connectivity index (χ4n) is 4.02. The van der Waals surface area contributed by atoms with Crippen LogP contribution in [-0.2, 0) is 13.1 Å². The van der Waals surface area contributed by atoms with Crippen molar-refractivity contribution in [3.63, 3.8) is 0 Å². The van der Waals surface area contributed by atoms with Crippen LogP contribution in [0.15, 0.2) is 0 Å². The van der Waals surface area contributed by atoms with Gasteiger partial charge in [-0.1, -0.05) is 0 Å². The van der Waals surface area contributed by atoms with Gasteiger partial charge >= 0.3 is 0 Å². The molecule has 1 spiro atoms. The van der Waals surface area contributed by atoms with Crippen LogP contribution in [-0.4, -0.2) is 40.9 Å². The van der Waals surface area contributed by atoms with Crippen molar-refractivity contribution in [2.75, 3.05) is 26.2 Å². The highest BCUT2D eigenvalue weighted by Gasteiger charge is 2.38. The molecule has 1 aromatic rings. The quantitative estimate of drug-likeness (QED) is 0.918. The second kappa shape index (κ2) is 5.49. The lowest BCUT2D eigenvalue weighted by atomic mass is 9.78. The van der Waals surface area contributed by atoms with Crippen molar-refractivity contribution in [1.82, 2.24) is 20.0 Å². The standard InChI is InChI=1S/C16H28N4/c1-4-20-14(3)15(13(2)18-20)11-19-10-7-16(12-19)5-8-17-9-6-16/h17H,4-12H2,1-3H3. The van der Waals surface area contributed by atoms with Crippen molar-refractivity contribution >= 4 is 0 Å². The molecule has 0 atom stereocenters. The van der Waals surface area contributed by atoms with Crippen LogP contribution in [0.1, 0.15) is 43.1 Å². The molecule has 4 nitrogen and oxygen atoms in total. The first-order chi connectivity index (χ1) is 9.63. The SMILES string of the molecule is CCn1nc(C)c(CN2CCC3(CCNCC3)C2)c1C. The summed E-state index contributed by atoms with van der Waals surface area (Å²) in [6.45, 7) is 13.6. The summed E-state index contributed by atoms with van der Waals surface area (Å²) in [5.41, 5.74) is 4.64. The summed E-state index contributed by atoms with van der Waals surface area (Å²) in [6, 6.07) is 0. The van der Waals surface area contributed by atoms with E-state index in [1.165, 1.54) is 62.4 Å². The Hall–Kier alpha value is -0.870. The van der Waals surface area contributed by atoms with Crippen molar-refractivity contribution in [2.45, 2.75) is 53.1 Å². The molecule has 0 amide bonds. The molecule has 1 aromatic heterocycles. The van der Waals surface area contributed by atoms with Crippen LogP contribution in [0.2, 0.25) is 0 Å². The topological polar surface area (TPSA) is 33.1 Å². The van der Waals surface area contributed by atoms with Gasteiger partial charge in [0.05, 0.1) is 5.69 Å². The minimum atomic E-state index is 0.605. The van der Waals surface area contributed by atoms with E-state index in [-0.39, 0.29) is 0 Å². The Kier molecular flexibility index (Phi) is 3.87. The molecule has 0 bridgehead atoms. The molecule has 3 rings (SSSR count). The van der Waals surface area contributed by atoms with E-state index < -0.39 is 0 Å². The molecule has 0 radical (unpaired) electrons. The van der Waals surface area contributed by atoms with E-state index in [9.17, 15) is 0 Å². The molecule has 2 aliphatic rings. The van der Waals surface area contributed by atoms with Crippen LogP contribution in [0.5, 0.6) is 0 Å². The molecule has 0 aromatic carbocycles. The van der Waals surface area contributed by atoms with E-state index >= 15 is 0 Å². The van der Waals surface area contributed by atoms with Crippen LogP contribution in [0.4, 0.5) is 0 Å². The van der Waals surface area contributed by atoms with E-state index in [4.69, 9.17) is 0 Å². The van der Waals surface area contributed by atoms with Gasteiger partial charge in [0.25, 0.3) is 0 Å². The van der Waals surface area contributed by atoms with Crippen LogP contribution >= 0.6 is 0 Å². The Morgan fingerprint density at radius 1 is 1.20 bits per heavy atom. The summed E-state index contributed by atoms with van der Waals surface area (Å²) in [4.78, 5) is 2.66. The first-order valence-corrected chi connectivity index (χ1v) is 8.09. The zero-order valence-electron chi connectivity index (χ0n) is 13.2. The van der Waals surface area contributed by atoms with Gasteiger partial charge in [0, 0.05) is 30.9 Å². The molecule has 3 heterocycles. The predicted molar refractivity (Wildman–Crippen MR) is 81.8 cm³/mol. The molecule has 2 fully saturated rings. The van der Waals surface area contributed by atoms with Gasteiger partial charge in [-0.3, -0.25) is 9.58 Å². The molecule has 112 valence electrons. The van der Waals surface area contributed by atoms with Gasteiger partial charge in [0.2, 0.25) is 0 Å². The largest absolute Gasteiger partial charge is 0.317 e. The van der Waals surface area contributed by atoms with E-state index in [1.54, 1.807) is 0 Å². The van der Waals surface area contributed by atoms with Crippen molar-refractivity contribution in [1.29, 1.82) is 0 Å². The highest BCUT2D eigenvalue weighted by molar-refractivity contribution is 5.24. The van der Waals surface area contributed by atoms with Crippen molar-refractivity contribution in [2.24, 2.45) is 5.41 Å². The molecule has 4 heteroatoms. The third kappa shape index (κ3) is 2.51. The molecule has 2 saturated heterocycles. The zero-order valence-corrected chi connectivity index (χ0v) is 13.2.